The number of imidazole rings is 1. The first kappa shape index (κ1) is 13.9. The molecule has 1 saturated heterocycles. The summed E-state index contributed by atoms with van der Waals surface area (Å²) < 4.78 is 2.23. The van der Waals surface area contributed by atoms with Crippen LogP contribution < -0.4 is 10.6 Å². The molecule has 0 aliphatic carbocycles. The smallest absolute Gasteiger partial charge is 0.195 e. The number of rotatable bonds is 4. The number of nitrogens with zero attached hydrogens (tertiary/aromatic N) is 3. The molecule has 0 radical (unpaired) electrons. The monoisotopic (exact) mass is 292 g/mol. The van der Waals surface area contributed by atoms with Crippen LogP contribution in [0, 0.1) is 5.92 Å². The van der Waals surface area contributed by atoms with Gasteiger partial charge in [-0.25, -0.2) is 4.98 Å². The average Bonchev–Trinajstić information content (AvgIpc) is 3.02. The van der Waals surface area contributed by atoms with Gasteiger partial charge in [-0.2, -0.15) is 0 Å². The minimum atomic E-state index is 0.220. The molecule has 0 saturated carbocycles. The summed E-state index contributed by atoms with van der Waals surface area (Å²) in [5.74, 6) is 2.02. The minimum Gasteiger partial charge on any atom is -0.355 e. The van der Waals surface area contributed by atoms with E-state index >= 15 is 0 Å². The van der Waals surface area contributed by atoms with Crippen molar-refractivity contribution in [3.05, 3.63) is 17.3 Å². The lowest BCUT2D eigenvalue weighted by atomic mass is 9.99. The van der Waals surface area contributed by atoms with Crippen LogP contribution in [0.25, 0.3) is 4.96 Å². The van der Waals surface area contributed by atoms with E-state index in [1.807, 2.05) is 0 Å². The van der Waals surface area contributed by atoms with Gasteiger partial charge in [-0.3, -0.25) is 4.40 Å². The minimum absolute atomic E-state index is 0.220. The van der Waals surface area contributed by atoms with Crippen LogP contribution >= 0.6 is 11.3 Å². The van der Waals surface area contributed by atoms with Crippen LogP contribution in [0.3, 0.4) is 0 Å². The second-order valence-corrected chi connectivity index (χ2v) is 6.85. The highest BCUT2D eigenvalue weighted by atomic mass is 32.1. The Morgan fingerprint density at radius 2 is 2.20 bits per heavy atom. The average molecular weight is 292 g/mol. The zero-order valence-electron chi connectivity index (χ0n) is 12.4. The molecule has 0 spiro atoms. The van der Waals surface area contributed by atoms with E-state index in [1.54, 1.807) is 11.3 Å². The summed E-state index contributed by atoms with van der Waals surface area (Å²) in [4.78, 5) is 8.41. The van der Waals surface area contributed by atoms with Gasteiger partial charge in [-0.1, -0.05) is 13.8 Å². The molecule has 2 aromatic rings. The van der Waals surface area contributed by atoms with Crippen molar-refractivity contribution in [2.45, 2.75) is 45.6 Å². The molecule has 1 aliphatic rings. The third-order valence-electron chi connectivity index (χ3n) is 4.40. The maximum atomic E-state index is 6.19. The van der Waals surface area contributed by atoms with Crippen LogP contribution in [-0.2, 0) is 6.42 Å². The Labute approximate surface area is 124 Å². The quantitative estimate of drug-likeness (QED) is 0.942. The van der Waals surface area contributed by atoms with E-state index < -0.39 is 0 Å². The van der Waals surface area contributed by atoms with Crippen molar-refractivity contribution in [1.82, 2.24) is 9.38 Å². The number of anilines is 1. The topological polar surface area (TPSA) is 46.6 Å². The molecule has 2 N–H and O–H groups in total. The standard InChI is InChI=1S/C15H24N4S/c1-3-12(16)10-13-14(17-15-19(13)8-9-20-15)18-6-4-11(2)5-7-18/h8-9,11-12H,3-7,10,16H2,1-2H3. The molecule has 1 fully saturated rings. The SMILES string of the molecule is CCC(N)Cc1c(N2CCC(C)CC2)nc2sccn12. The van der Waals surface area contributed by atoms with E-state index in [-0.39, 0.29) is 6.04 Å². The molecule has 0 amide bonds. The lowest BCUT2D eigenvalue weighted by Crippen LogP contribution is -2.34. The van der Waals surface area contributed by atoms with Gasteiger partial charge in [0.05, 0.1) is 5.69 Å². The summed E-state index contributed by atoms with van der Waals surface area (Å²) in [6.07, 6.45) is 6.58. The highest BCUT2D eigenvalue weighted by molar-refractivity contribution is 7.15. The van der Waals surface area contributed by atoms with Crippen molar-refractivity contribution in [3.8, 4) is 0 Å². The second-order valence-electron chi connectivity index (χ2n) is 5.98. The Kier molecular flexibility index (Phi) is 3.98. The molecule has 3 heterocycles. The summed E-state index contributed by atoms with van der Waals surface area (Å²) in [7, 11) is 0. The number of fused-ring (bicyclic) bond motifs is 1. The Morgan fingerprint density at radius 1 is 1.45 bits per heavy atom. The van der Waals surface area contributed by atoms with Gasteiger partial charge in [-0.05, 0) is 25.2 Å². The molecule has 5 heteroatoms. The van der Waals surface area contributed by atoms with Gasteiger partial charge >= 0.3 is 0 Å². The molecule has 0 aromatic carbocycles. The van der Waals surface area contributed by atoms with E-state index in [0.29, 0.717) is 0 Å². The molecule has 4 nitrogen and oxygen atoms in total. The molecule has 1 unspecified atom stereocenters. The fourth-order valence-corrected chi connectivity index (χ4v) is 3.61. The van der Waals surface area contributed by atoms with Crippen LogP contribution in [0.15, 0.2) is 11.6 Å². The number of hydrogen-bond acceptors (Lipinski definition) is 4. The van der Waals surface area contributed by atoms with Gasteiger partial charge in [0.25, 0.3) is 0 Å². The molecule has 3 rings (SSSR count). The van der Waals surface area contributed by atoms with E-state index in [9.17, 15) is 0 Å². The maximum Gasteiger partial charge on any atom is 0.195 e. The largest absolute Gasteiger partial charge is 0.355 e. The second kappa shape index (κ2) is 5.74. The number of nitrogens with two attached hydrogens (primary N) is 1. The fourth-order valence-electron chi connectivity index (χ4n) is 2.88. The molecule has 0 bridgehead atoms. The lowest BCUT2D eigenvalue weighted by Gasteiger charge is -2.31. The number of aromatic nitrogens is 2. The Bertz CT molecular complexity index is 565. The first-order valence-corrected chi connectivity index (χ1v) is 8.52. The van der Waals surface area contributed by atoms with Crippen LogP contribution in [0.4, 0.5) is 5.82 Å². The molecule has 110 valence electrons. The maximum absolute atomic E-state index is 6.19. The highest BCUT2D eigenvalue weighted by Gasteiger charge is 2.23. The molecule has 1 atom stereocenters. The molecular formula is C15H24N4S. The lowest BCUT2D eigenvalue weighted by molar-refractivity contribution is 0.436. The zero-order chi connectivity index (χ0) is 14.1. The molecule has 2 aromatic heterocycles. The van der Waals surface area contributed by atoms with Crippen molar-refractivity contribution in [2.75, 3.05) is 18.0 Å². The third-order valence-corrected chi connectivity index (χ3v) is 5.16. The predicted octanol–water partition coefficient (Wildman–Crippen LogP) is 2.91. The normalized spacial score (nSPS) is 18.9. The molecule has 20 heavy (non-hydrogen) atoms. The van der Waals surface area contributed by atoms with Gasteiger partial charge in [0, 0.05) is 37.1 Å². The van der Waals surface area contributed by atoms with E-state index in [1.165, 1.54) is 24.4 Å². The van der Waals surface area contributed by atoms with Crippen LogP contribution in [-0.4, -0.2) is 28.5 Å². The van der Waals surface area contributed by atoms with E-state index in [2.05, 4.69) is 34.7 Å². The molecular weight excluding hydrogens is 268 g/mol. The van der Waals surface area contributed by atoms with Gasteiger partial charge in [0.15, 0.2) is 10.8 Å². The van der Waals surface area contributed by atoms with Gasteiger partial charge in [0.2, 0.25) is 0 Å². The number of thiazole rings is 1. The van der Waals surface area contributed by atoms with Crippen LogP contribution in [0.2, 0.25) is 0 Å². The number of piperidine rings is 1. The first-order valence-electron chi connectivity index (χ1n) is 7.64. The number of hydrogen-bond donors (Lipinski definition) is 1. The van der Waals surface area contributed by atoms with Crippen LogP contribution in [0.1, 0.15) is 38.8 Å². The van der Waals surface area contributed by atoms with Gasteiger partial charge < -0.3 is 10.6 Å². The summed E-state index contributed by atoms with van der Waals surface area (Å²) in [5.41, 5.74) is 7.48. The third kappa shape index (κ3) is 2.56. The van der Waals surface area contributed by atoms with Crippen molar-refractivity contribution >= 4 is 22.1 Å². The van der Waals surface area contributed by atoms with Gasteiger partial charge in [-0.15, -0.1) is 11.3 Å². The molecule has 1 aliphatic heterocycles. The summed E-state index contributed by atoms with van der Waals surface area (Å²) in [6.45, 7) is 6.75. The Balaban J connectivity index is 1.92. The fraction of sp³-hybridized carbons (Fsp3) is 0.667. The summed E-state index contributed by atoms with van der Waals surface area (Å²) in [6, 6.07) is 0.220. The van der Waals surface area contributed by atoms with Crippen molar-refractivity contribution in [3.63, 3.8) is 0 Å². The predicted molar refractivity (Wildman–Crippen MR) is 85.7 cm³/mol. The highest BCUT2D eigenvalue weighted by Crippen LogP contribution is 2.29. The van der Waals surface area contributed by atoms with Crippen LogP contribution in [0.5, 0.6) is 0 Å². The van der Waals surface area contributed by atoms with E-state index in [4.69, 9.17) is 10.7 Å². The Hall–Kier alpha value is -1.07. The zero-order valence-corrected chi connectivity index (χ0v) is 13.2. The summed E-state index contributed by atoms with van der Waals surface area (Å²) >= 11 is 1.71. The summed E-state index contributed by atoms with van der Waals surface area (Å²) in [5, 5.41) is 2.10. The van der Waals surface area contributed by atoms with Crippen molar-refractivity contribution in [2.24, 2.45) is 11.7 Å². The van der Waals surface area contributed by atoms with Gasteiger partial charge in [0.1, 0.15) is 0 Å². The first-order chi connectivity index (χ1) is 9.69. The van der Waals surface area contributed by atoms with Crippen molar-refractivity contribution < 1.29 is 0 Å². The van der Waals surface area contributed by atoms with E-state index in [0.717, 1.165) is 36.8 Å². The van der Waals surface area contributed by atoms with Crippen molar-refractivity contribution in [1.29, 1.82) is 0 Å². The Morgan fingerprint density at radius 3 is 2.90 bits per heavy atom.